The van der Waals surface area contributed by atoms with E-state index in [1.165, 1.54) is 0 Å². The van der Waals surface area contributed by atoms with Gasteiger partial charge in [0.1, 0.15) is 11.6 Å². The van der Waals surface area contributed by atoms with Crippen LogP contribution in [0.1, 0.15) is 45.3 Å². The molecule has 2 N–H and O–H groups in total. The number of halogens is 2. The first-order chi connectivity index (χ1) is 8.41. The molecule has 0 radical (unpaired) electrons. The van der Waals surface area contributed by atoms with Crippen molar-refractivity contribution in [1.82, 2.24) is 5.32 Å². The van der Waals surface area contributed by atoms with Gasteiger partial charge in [-0.3, -0.25) is 0 Å². The van der Waals surface area contributed by atoms with E-state index < -0.39 is 17.7 Å². The van der Waals surface area contributed by atoms with Crippen molar-refractivity contribution in [2.45, 2.75) is 45.3 Å². The third kappa shape index (κ3) is 3.75. The van der Waals surface area contributed by atoms with E-state index in [0.29, 0.717) is 0 Å². The Morgan fingerprint density at radius 3 is 2.44 bits per heavy atom. The minimum Gasteiger partial charge on any atom is -0.387 e. The first kappa shape index (κ1) is 15.1. The normalized spacial score (nSPS) is 13.7. The molecule has 0 aliphatic carbocycles. The van der Waals surface area contributed by atoms with Crippen molar-refractivity contribution in [1.29, 1.82) is 0 Å². The van der Waals surface area contributed by atoms with Crippen molar-refractivity contribution in [2.24, 2.45) is 0 Å². The second-order valence-corrected chi connectivity index (χ2v) is 4.83. The number of aliphatic hydroxyl groups excluding tert-OH is 1. The number of rotatable bonds is 6. The second-order valence-electron chi connectivity index (χ2n) is 4.83. The fourth-order valence-electron chi connectivity index (χ4n) is 1.72. The fraction of sp³-hybridized carbons (Fsp3) is 0.571. The van der Waals surface area contributed by atoms with Crippen LogP contribution in [-0.2, 0) is 0 Å². The molecule has 1 unspecified atom stereocenters. The quantitative estimate of drug-likeness (QED) is 0.820. The van der Waals surface area contributed by atoms with Gasteiger partial charge in [-0.1, -0.05) is 13.8 Å². The maximum absolute atomic E-state index is 13.4. The number of hydrogen-bond donors (Lipinski definition) is 2. The molecule has 102 valence electrons. The zero-order chi connectivity index (χ0) is 13.8. The van der Waals surface area contributed by atoms with Gasteiger partial charge < -0.3 is 10.4 Å². The highest BCUT2D eigenvalue weighted by Gasteiger charge is 2.21. The van der Waals surface area contributed by atoms with E-state index in [1.807, 2.05) is 20.8 Å². The van der Waals surface area contributed by atoms with Gasteiger partial charge in [0.25, 0.3) is 0 Å². The summed E-state index contributed by atoms with van der Waals surface area (Å²) < 4.78 is 26.5. The molecule has 0 saturated heterocycles. The van der Waals surface area contributed by atoms with Gasteiger partial charge in [0.15, 0.2) is 0 Å². The van der Waals surface area contributed by atoms with Crippen LogP contribution in [0.3, 0.4) is 0 Å². The molecule has 1 aromatic carbocycles. The Labute approximate surface area is 107 Å². The van der Waals surface area contributed by atoms with Crippen LogP contribution in [0, 0.1) is 11.6 Å². The van der Waals surface area contributed by atoms with Crippen molar-refractivity contribution in [2.75, 3.05) is 6.54 Å². The Hall–Kier alpha value is -1.00. The molecule has 0 aliphatic heterocycles. The van der Waals surface area contributed by atoms with Gasteiger partial charge in [0, 0.05) is 17.6 Å². The van der Waals surface area contributed by atoms with Gasteiger partial charge in [-0.05, 0) is 38.0 Å². The zero-order valence-corrected chi connectivity index (χ0v) is 11.1. The smallest absolute Gasteiger partial charge is 0.129 e. The average molecular weight is 257 g/mol. The predicted octanol–water partition coefficient (Wildman–Crippen LogP) is 3.17. The van der Waals surface area contributed by atoms with Crippen LogP contribution in [-0.4, -0.2) is 17.2 Å². The third-order valence-corrected chi connectivity index (χ3v) is 3.60. The highest BCUT2D eigenvalue weighted by atomic mass is 19.1. The SMILES string of the molecule is CCC(C)(CC)NCC(O)c1cc(F)ccc1F. The first-order valence-corrected chi connectivity index (χ1v) is 6.30. The molecule has 0 bridgehead atoms. The van der Waals surface area contributed by atoms with Crippen LogP contribution in [0.25, 0.3) is 0 Å². The van der Waals surface area contributed by atoms with Gasteiger partial charge in [-0.2, -0.15) is 0 Å². The molecule has 2 nitrogen and oxygen atoms in total. The van der Waals surface area contributed by atoms with Crippen molar-refractivity contribution in [3.8, 4) is 0 Å². The van der Waals surface area contributed by atoms with Crippen LogP contribution in [0.4, 0.5) is 8.78 Å². The zero-order valence-electron chi connectivity index (χ0n) is 11.1. The van der Waals surface area contributed by atoms with E-state index in [2.05, 4.69) is 5.32 Å². The molecule has 0 saturated carbocycles. The lowest BCUT2D eigenvalue weighted by Crippen LogP contribution is -2.43. The standard InChI is InChI=1S/C14H21F2NO/c1-4-14(3,5-2)17-9-13(18)11-8-10(15)6-7-12(11)16/h6-8,13,17-18H,4-5,9H2,1-3H3. The minimum absolute atomic E-state index is 0.00273. The summed E-state index contributed by atoms with van der Waals surface area (Å²) in [6.07, 6.45) is 0.766. The summed E-state index contributed by atoms with van der Waals surface area (Å²) in [6.45, 7) is 6.34. The summed E-state index contributed by atoms with van der Waals surface area (Å²) in [5.41, 5.74) is -0.0952. The van der Waals surface area contributed by atoms with Crippen molar-refractivity contribution >= 4 is 0 Å². The summed E-state index contributed by atoms with van der Waals surface area (Å²) in [6, 6.07) is 3.12. The van der Waals surface area contributed by atoms with Crippen LogP contribution >= 0.6 is 0 Å². The van der Waals surface area contributed by atoms with E-state index in [-0.39, 0.29) is 17.6 Å². The lowest BCUT2D eigenvalue weighted by atomic mass is 9.95. The molecule has 0 heterocycles. The first-order valence-electron chi connectivity index (χ1n) is 6.30. The van der Waals surface area contributed by atoms with Gasteiger partial charge in [-0.15, -0.1) is 0 Å². The number of β-amino-alcohol motifs (C(OH)–C–C–N with tert-alkyl or cyclic N) is 1. The van der Waals surface area contributed by atoms with Crippen LogP contribution in [0.15, 0.2) is 18.2 Å². The Bertz CT molecular complexity index is 391. The van der Waals surface area contributed by atoms with Crippen molar-refractivity contribution in [3.63, 3.8) is 0 Å². The lowest BCUT2D eigenvalue weighted by molar-refractivity contribution is 0.151. The van der Waals surface area contributed by atoms with Crippen LogP contribution < -0.4 is 5.32 Å². The van der Waals surface area contributed by atoms with E-state index >= 15 is 0 Å². The molecule has 0 fully saturated rings. The second kappa shape index (κ2) is 6.25. The van der Waals surface area contributed by atoms with Crippen molar-refractivity contribution in [3.05, 3.63) is 35.4 Å². The fourth-order valence-corrected chi connectivity index (χ4v) is 1.72. The monoisotopic (exact) mass is 257 g/mol. The molecule has 1 aromatic rings. The maximum Gasteiger partial charge on any atom is 0.129 e. The Kier molecular flexibility index (Phi) is 5.23. The summed E-state index contributed by atoms with van der Waals surface area (Å²) in [5.74, 6) is -1.13. The molecular weight excluding hydrogens is 236 g/mol. The molecular formula is C14H21F2NO. The summed E-state index contributed by atoms with van der Waals surface area (Å²) in [7, 11) is 0. The number of aliphatic hydroxyl groups is 1. The van der Waals surface area contributed by atoms with Crippen molar-refractivity contribution < 1.29 is 13.9 Å². The Morgan fingerprint density at radius 1 is 1.28 bits per heavy atom. The topological polar surface area (TPSA) is 32.3 Å². The molecule has 0 aliphatic rings. The van der Waals surface area contributed by atoms with E-state index in [1.54, 1.807) is 0 Å². The number of nitrogens with one attached hydrogen (secondary N) is 1. The Morgan fingerprint density at radius 2 is 1.89 bits per heavy atom. The number of benzene rings is 1. The molecule has 4 heteroatoms. The van der Waals surface area contributed by atoms with Crippen LogP contribution in [0.5, 0.6) is 0 Å². The average Bonchev–Trinajstić information content (AvgIpc) is 2.38. The molecule has 0 spiro atoms. The van der Waals surface area contributed by atoms with Gasteiger partial charge >= 0.3 is 0 Å². The molecule has 0 amide bonds. The van der Waals surface area contributed by atoms with Crippen LogP contribution in [0.2, 0.25) is 0 Å². The minimum atomic E-state index is -1.04. The Balaban J connectivity index is 2.71. The highest BCUT2D eigenvalue weighted by molar-refractivity contribution is 5.21. The summed E-state index contributed by atoms with van der Waals surface area (Å²) in [4.78, 5) is 0. The number of hydrogen-bond acceptors (Lipinski definition) is 2. The summed E-state index contributed by atoms with van der Waals surface area (Å²) >= 11 is 0. The lowest BCUT2D eigenvalue weighted by Gasteiger charge is -2.29. The summed E-state index contributed by atoms with van der Waals surface area (Å²) in [5, 5.41) is 13.1. The van der Waals surface area contributed by atoms with E-state index in [4.69, 9.17) is 0 Å². The molecule has 1 atom stereocenters. The van der Waals surface area contributed by atoms with Gasteiger partial charge in [0.2, 0.25) is 0 Å². The van der Waals surface area contributed by atoms with Gasteiger partial charge in [0.05, 0.1) is 6.10 Å². The molecule has 1 rings (SSSR count). The maximum atomic E-state index is 13.4. The third-order valence-electron chi connectivity index (χ3n) is 3.60. The molecule has 0 aromatic heterocycles. The largest absolute Gasteiger partial charge is 0.387 e. The predicted molar refractivity (Wildman–Crippen MR) is 68.3 cm³/mol. The van der Waals surface area contributed by atoms with E-state index in [0.717, 1.165) is 31.0 Å². The van der Waals surface area contributed by atoms with Gasteiger partial charge in [-0.25, -0.2) is 8.78 Å². The van der Waals surface area contributed by atoms with E-state index in [9.17, 15) is 13.9 Å². The molecule has 18 heavy (non-hydrogen) atoms. The highest BCUT2D eigenvalue weighted by Crippen LogP contribution is 2.20.